The van der Waals surface area contributed by atoms with Crippen LogP contribution in [0.3, 0.4) is 0 Å². The van der Waals surface area contributed by atoms with E-state index in [-0.39, 0.29) is 11.3 Å². The first-order chi connectivity index (χ1) is 15.7. The molecule has 0 aliphatic heterocycles. The molecule has 1 aromatic carbocycles. The Kier molecular flexibility index (Phi) is 5.03. The molecule has 8 atom stereocenters. The van der Waals surface area contributed by atoms with Gasteiger partial charge in [-0.3, -0.25) is 4.79 Å². The first-order valence-corrected chi connectivity index (χ1v) is 13.3. The first kappa shape index (κ1) is 21.8. The number of Topliss-reactive ketones (excluding diaryl/α,β-unsaturated/α-hetero) is 1. The predicted octanol–water partition coefficient (Wildman–Crippen LogP) is 5.33. The molecule has 1 heterocycles. The van der Waals surface area contributed by atoms with Gasteiger partial charge in [0.2, 0.25) is 0 Å². The number of hydrogen-bond acceptors (Lipinski definition) is 4. The first-order valence-electron chi connectivity index (χ1n) is 13.3. The molecule has 4 aliphatic rings. The van der Waals surface area contributed by atoms with Crippen LogP contribution in [-0.4, -0.2) is 31.5 Å². The number of aryl methyl sites for hydroxylation is 1. The zero-order valence-electron chi connectivity index (χ0n) is 20.5. The molecule has 4 aliphatic carbocycles. The van der Waals surface area contributed by atoms with Crippen molar-refractivity contribution in [2.24, 2.45) is 40.9 Å². The van der Waals surface area contributed by atoms with E-state index >= 15 is 0 Å². The largest absolute Gasteiger partial charge is 0.390 e. The van der Waals surface area contributed by atoms with Crippen LogP contribution in [0.4, 0.5) is 0 Å². The van der Waals surface area contributed by atoms with Crippen molar-refractivity contribution in [2.45, 2.75) is 90.7 Å². The summed E-state index contributed by atoms with van der Waals surface area (Å²) < 4.78 is 0. The van der Waals surface area contributed by atoms with Crippen LogP contribution in [0.5, 0.6) is 0 Å². The van der Waals surface area contributed by atoms with Crippen molar-refractivity contribution in [3.05, 3.63) is 23.8 Å². The van der Waals surface area contributed by atoms with Crippen molar-refractivity contribution in [1.29, 1.82) is 0 Å². The number of aromatic nitrogens is 3. The Morgan fingerprint density at radius 2 is 1.79 bits per heavy atom. The average Bonchev–Trinajstić information content (AvgIpc) is 3.32. The second-order valence-electron chi connectivity index (χ2n) is 12.5. The summed E-state index contributed by atoms with van der Waals surface area (Å²) >= 11 is 0. The van der Waals surface area contributed by atoms with Crippen LogP contribution in [0, 0.1) is 47.8 Å². The Hall–Kier alpha value is -1.75. The van der Waals surface area contributed by atoms with Gasteiger partial charge in [0.25, 0.3) is 0 Å². The van der Waals surface area contributed by atoms with E-state index in [0.29, 0.717) is 24.2 Å². The standard InChI is InChI=1S/C28H39N3O2/c1-17-4-9-24-25(14-17)30-31(29-24)16-26(32)23-8-7-22-21-6-5-18-15-27(2,33)12-10-19(18)20(21)11-13-28(22,23)3/h4,9,14,18-23,33H,5-8,10-13,15-16H2,1-3H3/t18-,19+,20-,21-,22+,23-,27-,28+/m1/s1. The fourth-order valence-electron chi connectivity index (χ4n) is 9.00. The Labute approximate surface area is 197 Å². The van der Waals surface area contributed by atoms with Crippen LogP contribution in [0.15, 0.2) is 18.2 Å². The zero-order chi connectivity index (χ0) is 23.0. The van der Waals surface area contributed by atoms with Crippen molar-refractivity contribution < 1.29 is 9.90 Å². The number of aliphatic hydroxyl groups is 1. The second kappa shape index (κ2) is 7.63. The van der Waals surface area contributed by atoms with Gasteiger partial charge < -0.3 is 5.11 Å². The van der Waals surface area contributed by atoms with Gasteiger partial charge >= 0.3 is 0 Å². The Morgan fingerprint density at radius 1 is 1.00 bits per heavy atom. The molecule has 1 N–H and O–H groups in total. The van der Waals surface area contributed by atoms with Crippen molar-refractivity contribution in [1.82, 2.24) is 15.0 Å². The van der Waals surface area contributed by atoms with Crippen LogP contribution < -0.4 is 0 Å². The fourth-order valence-corrected chi connectivity index (χ4v) is 9.00. The van der Waals surface area contributed by atoms with Crippen molar-refractivity contribution in [2.75, 3.05) is 0 Å². The predicted molar refractivity (Wildman–Crippen MR) is 128 cm³/mol. The molecule has 0 amide bonds. The Balaban J connectivity index is 1.18. The highest BCUT2D eigenvalue weighted by Gasteiger charge is 2.58. The van der Waals surface area contributed by atoms with E-state index in [2.05, 4.69) is 24.0 Å². The minimum atomic E-state index is -0.452. The molecule has 33 heavy (non-hydrogen) atoms. The molecule has 0 bridgehead atoms. The van der Waals surface area contributed by atoms with Gasteiger partial charge in [-0.05, 0) is 124 Å². The van der Waals surface area contributed by atoms with Crippen molar-refractivity contribution in [3.63, 3.8) is 0 Å². The Bertz CT molecular complexity index is 1070. The SMILES string of the molecule is Cc1ccc2nn(CC(=O)[C@H]3CC[C@H]4[C@@H]5CC[C@@H]6C[C@](C)(O)CC[C@@H]6[C@H]5CC[C@]34C)nc2c1. The van der Waals surface area contributed by atoms with Crippen LogP contribution >= 0.6 is 0 Å². The second-order valence-corrected chi connectivity index (χ2v) is 12.5. The van der Waals surface area contributed by atoms with E-state index in [1.165, 1.54) is 44.1 Å². The number of hydrogen-bond donors (Lipinski definition) is 1. The fraction of sp³-hybridized carbons (Fsp3) is 0.750. The number of rotatable bonds is 3. The number of ketones is 1. The summed E-state index contributed by atoms with van der Waals surface area (Å²) in [7, 11) is 0. The molecule has 0 spiro atoms. The minimum Gasteiger partial charge on any atom is -0.390 e. The molecule has 4 fully saturated rings. The third-order valence-electron chi connectivity index (χ3n) is 10.5. The van der Waals surface area contributed by atoms with Gasteiger partial charge in [-0.2, -0.15) is 15.0 Å². The normalized spacial score (nSPS) is 42.5. The third-order valence-corrected chi connectivity index (χ3v) is 10.5. The van der Waals surface area contributed by atoms with Gasteiger partial charge in [0.05, 0.1) is 5.60 Å². The van der Waals surface area contributed by atoms with Gasteiger partial charge in [-0.15, -0.1) is 0 Å². The van der Waals surface area contributed by atoms with E-state index < -0.39 is 5.60 Å². The molecule has 0 radical (unpaired) electrons. The highest BCUT2D eigenvalue weighted by atomic mass is 16.3. The van der Waals surface area contributed by atoms with Gasteiger partial charge in [-0.25, -0.2) is 0 Å². The van der Waals surface area contributed by atoms with Gasteiger partial charge in [-0.1, -0.05) is 13.0 Å². The maximum absolute atomic E-state index is 13.5. The summed E-state index contributed by atoms with van der Waals surface area (Å²) in [5.41, 5.74) is 2.59. The molecule has 5 heteroatoms. The van der Waals surface area contributed by atoms with Crippen LogP contribution in [0.2, 0.25) is 0 Å². The lowest BCUT2D eigenvalue weighted by Gasteiger charge is -2.56. The summed E-state index contributed by atoms with van der Waals surface area (Å²) in [5.74, 6) is 4.25. The highest BCUT2D eigenvalue weighted by Crippen LogP contribution is 2.64. The monoisotopic (exact) mass is 449 g/mol. The molecule has 0 saturated heterocycles. The maximum Gasteiger partial charge on any atom is 0.159 e. The van der Waals surface area contributed by atoms with E-state index in [0.717, 1.165) is 48.0 Å². The number of carbonyl (C=O) groups excluding carboxylic acids is 1. The molecule has 6 rings (SSSR count). The number of benzene rings is 1. The molecule has 2 aromatic rings. The minimum absolute atomic E-state index is 0.133. The maximum atomic E-state index is 13.5. The van der Waals surface area contributed by atoms with E-state index in [4.69, 9.17) is 0 Å². The van der Waals surface area contributed by atoms with Crippen LogP contribution in [0.25, 0.3) is 11.0 Å². The quantitative estimate of drug-likeness (QED) is 0.688. The smallest absolute Gasteiger partial charge is 0.159 e. The summed E-state index contributed by atoms with van der Waals surface area (Å²) in [6.07, 6.45) is 10.4. The molecular formula is C28H39N3O2. The van der Waals surface area contributed by atoms with Gasteiger partial charge in [0.1, 0.15) is 17.6 Å². The summed E-state index contributed by atoms with van der Waals surface area (Å²) in [6.45, 7) is 6.83. The summed E-state index contributed by atoms with van der Waals surface area (Å²) in [4.78, 5) is 15.2. The summed E-state index contributed by atoms with van der Waals surface area (Å²) in [6, 6.07) is 6.08. The third kappa shape index (κ3) is 3.57. The lowest BCUT2D eigenvalue weighted by molar-refractivity contribution is -0.133. The lowest BCUT2D eigenvalue weighted by atomic mass is 9.49. The van der Waals surface area contributed by atoms with Crippen molar-refractivity contribution in [3.8, 4) is 0 Å². The molecule has 0 unspecified atom stereocenters. The van der Waals surface area contributed by atoms with Gasteiger partial charge in [0.15, 0.2) is 5.78 Å². The zero-order valence-corrected chi connectivity index (χ0v) is 20.5. The highest BCUT2D eigenvalue weighted by molar-refractivity contribution is 5.82. The van der Waals surface area contributed by atoms with Crippen LogP contribution in [0.1, 0.15) is 77.2 Å². The molecule has 178 valence electrons. The molecular weight excluding hydrogens is 410 g/mol. The van der Waals surface area contributed by atoms with Gasteiger partial charge in [0, 0.05) is 5.92 Å². The van der Waals surface area contributed by atoms with E-state index in [1.807, 2.05) is 25.1 Å². The van der Waals surface area contributed by atoms with E-state index in [9.17, 15) is 9.90 Å². The number of carbonyl (C=O) groups is 1. The number of fused-ring (bicyclic) bond motifs is 6. The average molecular weight is 450 g/mol. The molecule has 1 aromatic heterocycles. The lowest BCUT2D eigenvalue weighted by Crippen LogP contribution is -2.51. The molecule has 4 saturated carbocycles. The topological polar surface area (TPSA) is 68.0 Å². The molecule has 5 nitrogen and oxygen atoms in total. The van der Waals surface area contributed by atoms with Crippen molar-refractivity contribution >= 4 is 16.8 Å². The van der Waals surface area contributed by atoms with Crippen LogP contribution in [-0.2, 0) is 11.3 Å². The summed E-state index contributed by atoms with van der Waals surface area (Å²) in [5, 5.41) is 19.8. The number of nitrogens with zero attached hydrogens (tertiary/aromatic N) is 3. The van der Waals surface area contributed by atoms with E-state index in [1.54, 1.807) is 4.80 Å². The Morgan fingerprint density at radius 3 is 2.64 bits per heavy atom.